The second-order valence-electron chi connectivity index (χ2n) is 7.62. The van der Waals surface area contributed by atoms with Gasteiger partial charge in [0.15, 0.2) is 11.4 Å². The quantitative estimate of drug-likeness (QED) is 0.601. The van der Waals surface area contributed by atoms with E-state index in [1.807, 2.05) is 30.3 Å². The average molecular weight is 448 g/mol. The Morgan fingerprint density at radius 2 is 1.81 bits per heavy atom. The Morgan fingerprint density at radius 1 is 1.09 bits per heavy atom. The fourth-order valence-corrected chi connectivity index (χ4v) is 3.93. The lowest BCUT2D eigenvalue weighted by molar-refractivity contribution is -0.143. The highest BCUT2D eigenvalue weighted by Gasteiger charge is 2.43. The number of alkyl halides is 3. The maximum atomic E-state index is 13.8. The Morgan fingerprint density at radius 3 is 2.47 bits per heavy atom. The molecule has 168 valence electrons. The van der Waals surface area contributed by atoms with E-state index in [-0.39, 0.29) is 12.2 Å². The SMILES string of the molecule is O=C(NCC1(c2ccccc2)CCOCC1)c1nnn(-c2cccc(F)c2)c1C(F)(F)F. The number of amides is 1. The lowest BCUT2D eigenvalue weighted by atomic mass is 9.74. The van der Waals surface area contributed by atoms with Crippen molar-refractivity contribution in [2.24, 2.45) is 0 Å². The van der Waals surface area contributed by atoms with E-state index in [4.69, 9.17) is 4.74 Å². The molecule has 0 spiro atoms. The maximum absolute atomic E-state index is 13.8. The minimum absolute atomic E-state index is 0.114. The van der Waals surface area contributed by atoms with Gasteiger partial charge in [-0.15, -0.1) is 5.10 Å². The van der Waals surface area contributed by atoms with Crippen molar-refractivity contribution >= 4 is 5.91 Å². The molecule has 0 radical (unpaired) electrons. The van der Waals surface area contributed by atoms with Gasteiger partial charge in [0.2, 0.25) is 0 Å². The van der Waals surface area contributed by atoms with Crippen LogP contribution in [0.15, 0.2) is 54.6 Å². The third-order valence-electron chi connectivity index (χ3n) is 5.63. The summed E-state index contributed by atoms with van der Waals surface area (Å²) in [6, 6.07) is 14.0. The van der Waals surface area contributed by atoms with Gasteiger partial charge in [0, 0.05) is 25.2 Å². The highest BCUT2D eigenvalue weighted by atomic mass is 19.4. The van der Waals surface area contributed by atoms with Gasteiger partial charge in [-0.2, -0.15) is 13.2 Å². The van der Waals surface area contributed by atoms with Gasteiger partial charge in [-0.25, -0.2) is 9.07 Å². The number of aromatic nitrogens is 3. The van der Waals surface area contributed by atoms with Crippen LogP contribution in [0.25, 0.3) is 5.69 Å². The van der Waals surface area contributed by atoms with Crippen LogP contribution in [0.2, 0.25) is 0 Å². The molecule has 1 aliphatic rings. The van der Waals surface area contributed by atoms with E-state index in [1.54, 1.807) is 0 Å². The van der Waals surface area contributed by atoms with E-state index < -0.39 is 34.7 Å². The molecule has 0 aliphatic carbocycles. The molecule has 2 aromatic carbocycles. The van der Waals surface area contributed by atoms with Crippen molar-refractivity contribution in [3.63, 3.8) is 0 Å². The minimum Gasteiger partial charge on any atom is -0.381 e. The molecule has 1 fully saturated rings. The van der Waals surface area contributed by atoms with Crippen LogP contribution in [0.5, 0.6) is 0 Å². The molecule has 10 heteroatoms. The van der Waals surface area contributed by atoms with Crippen molar-refractivity contribution in [3.8, 4) is 5.69 Å². The zero-order valence-electron chi connectivity index (χ0n) is 16.9. The van der Waals surface area contributed by atoms with Crippen molar-refractivity contribution in [1.29, 1.82) is 0 Å². The van der Waals surface area contributed by atoms with Gasteiger partial charge in [0.05, 0.1) is 5.69 Å². The molecule has 1 aromatic heterocycles. The molecule has 1 amide bonds. The molecule has 32 heavy (non-hydrogen) atoms. The molecule has 2 heterocycles. The molecular formula is C22H20F4N4O2. The monoisotopic (exact) mass is 448 g/mol. The van der Waals surface area contributed by atoms with Crippen molar-refractivity contribution in [3.05, 3.63) is 77.4 Å². The largest absolute Gasteiger partial charge is 0.435 e. The van der Waals surface area contributed by atoms with E-state index in [0.29, 0.717) is 30.7 Å². The number of nitrogens with one attached hydrogen (secondary N) is 1. The number of carbonyl (C=O) groups excluding carboxylic acids is 1. The van der Waals surface area contributed by atoms with Crippen molar-refractivity contribution < 1.29 is 27.1 Å². The Balaban J connectivity index is 1.63. The van der Waals surface area contributed by atoms with Crippen LogP contribution in [0.3, 0.4) is 0 Å². The third-order valence-corrected chi connectivity index (χ3v) is 5.63. The predicted octanol–water partition coefficient (Wildman–Crippen LogP) is 3.90. The summed E-state index contributed by atoms with van der Waals surface area (Å²) in [5.41, 5.74) is -1.90. The number of carbonyl (C=O) groups is 1. The molecule has 3 aromatic rings. The molecule has 1 N–H and O–H groups in total. The molecule has 0 saturated carbocycles. The Kier molecular flexibility index (Phi) is 5.96. The molecule has 0 bridgehead atoms. The summed E-state index contributed by atoms with van der Waals surface area (Å²) >= 11 is 0. The Labute approximate surface area is 181 Å². The zero-order chi connectivity index (χ0) is 22.8. The smallest absolute Gasteiger partial charge is 0.381 e. The summed E-state index contributed by atoms with van der Waals surface area (Å²) in [6.45, 7) is 1.08. The normalized spacial score (nSPS) is 16.0. The zero-order valence-corrected chi connectivity index (χ0v) is 16.9. The number of benzene rings is 2. The van der Waals surface area contributed by atoms with Crippen LogP contribution in [-0.2, 0) is 16.3 Å². The van der Waals surface area contributed by atoms with E-state index in [1.165, 1.54) is 12.1 Å². The average Bonchev–Trinajstić information content (AvgIpc) is 3.25. The molecule has 1 aliphatic heterocycles. The topological polar surface area (TPSA) is 69.0 Å². The first-order valence-corrected chi connectivity index (χ1v) is 10.0. The van der Waals surface area contributed by atoms with Crippen LogP contribution in [0.1, 0.15) is 34.6 Å². The minimum atomic E-state index is -4.93. The number of hydrogen-bond acceptors (Lipinski definition) is 4. The van der Waals surface area contributed by atoms with Gasteiger partial charge in [0.1, 0.15) is 5.82 Å². The first-order chi connectivity index (χ1) is 15.3. The lowest BCUT2D eigenvalue weighted by Crippen LogP contribution is -2.45. The third kappa shape index (κ3) is 4.36. The molecule has 0 unspecified atom stereocenters. The van der Waals surface area contributed by atoms with Crippen molar-refractivity contribution in [2.75, 3.05) is 19.8 Å². The van der Waals surface area contributed by atoms with Gasteiger partial charge in [-0.1, -0.05) is 41.6 Å². The fraction of sp³-hybridized carbons (Fsp3) is 0.318. The number of ether oxygens (including phenoxy) is 1. The molecule has 6 nitrogen and oxygen atoms in total. The van der Waals surface area contributed by atoms with Crippen LogP contribution >= 0.6 is 0 Å². The molecule has 0 atom stereocenters. The van der Waals surface area contributed by atoms with Crippen LogP contribution in [-0.4, -0.2) is 40.7 Å². The first-order valence-electron chi connectivity index (χ1n) is 10.0. The first kappa shape index (κ1) is 21.9. The van der Waals surface area contributed by atoms with Gasteiger partial charge in [0.25, 0.3) is 5.91 Å². The number of hydrogen-bond donors (Lipinski definition) is 1. The van der Waals surface area contributed by atoms with Gasteiger partial charge < -0.3 is 10.1 Å². The second kappa shape index (κ2) is 8.70. The Bertz CT molecular complexity index is 1090. The Hall–Kier alpha value is -3.27. The summed E-state index contributed by atoms with van der Waals surface area (Å²) < 4.78 is 60.9. The van der Waals surface area contributed by atoms with Gasteiger partial charge in [-0.3, -0.25) is 4.79 Å². The summed E-state index contributed by atoms with van der Waals surface area (Å²) in [5.74, 6) is -1.73. The van der Waals surface area contributed by atoms with Crippen molar-refractivity contribution in [2.45, 2.75) is 24.4 Å². The van der Waals surface area contributed by atoms with E-state index in [2.05, 4.69) is 15.6 Å². The molecular weight excluding hydrogens is 428 g/mol. The van der Waals surface area contributed by atoms with Crippen LogP contribution < -0.4 is 5.32 Å². The van der Waals surface area contributed by atoms with Crippen LogP contribution in [0.4, 0.5) is 17.6 Å². The van der Waals surface area contributed by atoms with Gasteiger partial charge in [-0.05, 0) is 36.6 Å². The summed E-state index contributed by atoms with van der Waals surface area (Å²) in [5, 5.41) is 9.58. The number of halogens is 4. The van der Waals surface area contributed by atoms with Crippen molar-refractivity contribution in [1.82, 2.24) is 20.3 Å². The van der Waals surface area contributed by atoms with Gasteiger partial charge >= 0.3 is 6.18 Å². The number of rotatable bonds is 5. The van der Waals surface area contributed by atoms with E-state index in [9.17, 15) is 22.4 Å². The highest BCUT2D eigenvalue weighted by molar-refractivity contribution is 5.93. The lowest BCUT2D eigenvalue weighted by Gasteiger charge is -2.37. The highest BCUT2D eigenvalue weighted by Crippen LogP contribution is 2.35. The number of nitrogens with zero attached hydrogens (tertiary/aromatic N) is 3. The second-order valence-corrected chi connectivity index (χ2v) is 7.62. The standard InChI is InChI=1S/C22H20F4N4O2/c23-16-7-4-8-17(13-16)30-19(22(24,25)26)18(28-29-30)20(31)27-14-21(9-11-32-12-10-21)15-5-2-1-3-6-15/h1-8,13H,9-12,14H2,(H,27,31). The summed E-state index contributed by atoms with van der Waals surface area (Å²) in [7, 11) is 0. The fourth-order valence-electron chi connectivity index (χ4n) is 3.93. The maximum Gasteiger partial charge on any atom is 0.435 e. The molecule has 4 rings (SSSR count). The summed E-state index contributed by atoms with van der Waals surface area (Å²) in [6.07, 6.45) is -3.71. The van der Waals surface area contributed by atoms with E-state index >= 15 is 0 Å². The molecule has 1 saturated heterocycles. The van der Waals surface area contributed by atoms with E-state index in [0.717, 1.165) is 17.7 Å². The summed E-state index contributed by atoms with van der Waals surface area (Å²) in [4.78, 5) is 12.8. The predicted molar refractivity (Wildman–Crippen MR) is 107 cm³/mol. The van der Waals surface area contributed by atoms with Crippen LogP contribution in [0, 0.1) is 5.82 Å².